The van der Waals surface area contributed by atoms with Crippen LogP contribution in [0.3, 0.4) is 0 Å². The van der Waals surface area contributed by atoms with Gasteiger partial charge in [0.25, 0.3) is 0 Å². The summed E-state index contributed by atoms with van der Waals surface area (Å²) < 4.78 is 27.9. The Labute approximate surface area is 177 Å². The topological polar surface area (TPSA) is 66.5 Å². The highest BCUT2D eigenvalue weighted by Gasteiger charge is 2.33. The maximum Gasteiger partial charge on any atom is 0.243 e. The summed E-state index contributed by atoms with van der Waals surface area (Å²) in [5, 5.41) is 4.86. The molecule has 3 aromatic carbocycles. The van der Waals surface area contributed by atoms with Crippen molar-refractivity contribution in [2.24, 2.45) is 5.92 Å². The van der Waals surface area contributed by atoms with Crippen molar-refractivity contribution < 1.29 is 13.2 Å². The molecule has 3 aromatic rings. The standard InChI is InChI=1S/C24H26N2O3S/c1-17-12-18(2)14-22(13-17)25-24(27)21-8-5-11-26(16-21)30(28,29)23-10-9-19-6-3-4-7-20(19)15-23/h3-4,6-7,9-10,12-15,21H,5,8,11,16H2,1-2H3,(H,25,27)/t21-/m1/s1. The molecule has 1 fully saturated rings. The van der Waals surface area contributed by atoms with E-state index in [2.05, 4.69) is 5.32 Å². The van der Waals surface area contributed by atoms with Crippen LogP contribution in [0.2, 0.25) is 0 Å². The number of fused-ring (bicyclic) bond motifs is 1. The van der Waals surface area contributed by atoms with E-state index in [0.717, 1.165) is 27.6 Å². The number of amides is 1. The summed E-state index contributed by atoms with van der Waals surface area (Å²) in [7, 11) is -3.65. The van der Waals surface area contributed by atoms with E-state index in [-0.39, 0.29) is 23.3 Å². The zero-order valence-electron chi connectivity index (χ0n) is 17.3. The smallest absolute Gasteiger partial charge is 0.243 e. The number of hydrogen-bond acceptors (Lipinski definition) is 3. The molecule has 1 amide bonds. The molecule has 30 heavy (non-hydrogen) atoms. The molecule has 5 nitrogen and oxygen atoms in total. The maximum atomic E-state index is 13.2. The lowest BCUT2D eigenvalue weighted by Gasteiger charge is -2.31. The Hall–Kier alpha value is -2.70. The van der Waals surface area contributed by atoms with Gasteiger partial charge in [0.2, 0.25) is 15.9 Å². The summed E-state index contributed by atoms with van der Waals surface area (Å²) in [6, 6.07) is 18.8. The van der Waals surface area contributed by atoms with Crippen molar-refractivity contribution in [1.29, 1.82) is 0 Å². The molecular weight excluding hydrogens is 396 g/mol. The SMILES string of the molecule is Cc1cc(C)cc(NC(=O)[C@@H]2CCCN(S(=O)(=O)c3ccc4ccccc4c3)C2)c1. The van der Waals surface area contributed by atoms with Gasteiger partial charge >= 0.3 is 0 Å². The van der Waals surface area contributed by atoms with Gasteiger partial charge < -0.3 is 5.32 Å². The number of piperidine rings is 1. The number of carbonyl (C=O) groups is 1. The third kappa shape index (κ3) is 4.25. The number of sulfonamides is 1. The van der Waals surface area contributed by atoms with Gasteiger partial charge in [-0.2, -0.15) is 4.31 Å². The normalized spacial score (nSPS) is 17.7. The first-order valence-corrected chi connectivity index (χ1v) is 11.6. The first-order chi connectivity index (χ1) is 14.3. The lowest BCUT2D eigenvalue weighted by molar-refractivity contribution is -0.120. The van der Waals surface area contributed by atoms with Crippen LogP contribution in [0, 0.1) is 19.8 Å². The van der Waals surface area contributed by atoms with E-state index in [1.54, 1.807) is 12.1 Å². The van der Waals surface area contributed by atoms with Gasteiger partial charge in [0.15, 0.2) is 0 Å². The van der Waals surface area contributed by atoms with E-state index >= 15 is 0 Å². The van der Waals surface area contributed by atoms with E-state index in [1.807, 2.05) is 62.4 Å². The van der Waals surface area contributed by atoms with Crippen LogP contribution >= 0.6 is 0 Å². The Morgan fingerprint density at radius 1 is 0.967 bits per heavy atom. The van der Waals surface area contributed by atoms with Crippen molar-refractivity contribution in [2.45, 2.75) is 31.6 Å². The van der Waals surface area contributed by atoms with Gasteiger partial charge in [-0.25, -0.2) is 8.42 Å². The lowest BCUT2D eigenvalue weighted by Crippen LogP contribution is -2.43. The highest BCUT2D eigenvalue weighted by molar-refractivity contribution is 7.89. The summed E-state index contributed by atoms with van der Waals surface area (Å²) >= 11 is 0. The quantitative estimate of drug-likeness (QED) is 0.673. The second-order valence-electron chi connectivity index (χ2n) is 8.08. The predicted octanol–water partition coefficient (Wildman–Crippen LogP) is 4.50. The zero-order chi connectivity index (χ0) is 21.3. The van der Waals surface area contributed by atoms with Crippen LogP contribution in [0.4, 0.5) is 5.69 Å². The minimum Gasteiger partial charge on any atom is -0.326 e. The molecule has 156 valence electrons. The molecule has 0 radical (unpaired) electrons. The van der Waals surface area contributed by atoms with Gasteiger partial charge in [0, 0.05) is 18.8 Å². The predicted molar refractivity (Wildman–Crippen MR) is 120 cm³/mol. The summed E-state index contributed by atoms with van der Waals surface area (Å²) in [6.45, 7) is 4.61. The second-order valence-corrected chi connectivity index (χ2v) is 10.0. The number of benzene rings is 3. The highest BCUT2D eigenvalue weighted by Crippen LogP contribution is 2.27. The van der Waals surface area contributed by atoms with Crippen LogP contribution in [0.5, 0.6) is 0 Å². The monoisotopic (exact) mass is 422 g/mol. The molecule has 1 N–H and O–H groups in total. The summed E-state index contributed by atoms with van der Waals surface area (Å²) in [6.07, 6.45) is 1.35. The molecule has 0 aliphatic carbocycles. The molecule has 0 unspecified atom stereocenters. The van der Waals surface area contributed by atoms with Gasteiger partial charge in [-0.05, 0) is 72.9 Å². The van der Waals surface area contributed by atoms with E-state index < -0.39 is 10.0 Å². The van der Waals surface area contributed by atoms with E-state index in [4.69, 9.17) is 0 Å². The van der Waals surface area contributed by atoms with Gasteiger partial charge in [0.05, 0.1) is 10.8 Å². The van der Waals surface area contributed by atoms with Gasteiger partial charge in [0.1, 0.15) is 0 Å². The number of aryl methyl sites for hydroxylation is 2. The van der Waals surface area contributed by atoms with Gasteiger partial charge in [-0.15, -0.1) is 0 Å². The molecule has 4 rings (SSSR count). The molecule has 1 heterocycles. The average Bonchev–Trinajstić information content (AvgIpc) is 2.72. The molecule has 1 atom stereocenters. The van der Waals surface area contributed by atoms with Crippen LogP contribution in [0.25, 0.3) is 10.8 Å². The summed E-state index contributed by atoms with van der Waals surface area (Å²) in [5.74, 6) is -0.492. The molecule has 0 saturated carbocycles. The Morgan fingerprint density at radius 3 is 2.40 bits per heavy atom. The van der Waals surface area contributed by atoms with Crippen molar-refractivity contribution >= 4 is 32.4 Å². The summed E-state index contributed by atoms with van der Waals surface area (Å²) in [5.41, 5.74) is 2.91. The van der Waals surface area contributed by atoms with Crippen LogP contribution in [0.15, 0.2) is 65.6 Å². The van der Waals surface area contributed by atoms with E-state index in [9.17, 15) is 13.2 Å². The number of nitrogens with zero attached hydrogens (tertiary/aromatic N) is 1. The minimum absolute atomic E-state index is 0.126. The first-order valence-electron chi connectivity index (χ1n) is 10.2. The fraction of sp³-hybridized carbons (Fsp3) is 0.292. The molecular formula is C24H26N2O3S. The molecule has 0 bridgehead atoms. The first kappa shape index (κ1) is 20.6. The van der Waals surface area contributed by atoms with Crippen molar-refractivity contribution in [3.8, 4) is 0 Å². The Morgan fingerprint density at radius 2 is 1.67 bits per heavy atom. The number of rotatable bonds is 4. The number of hydrogen-bond donors (Lipinski definition) is 1. The Kier molecular flexibility index (Phi) is 5.62. The number of anilines is 1. The third-order valence-corrected chi connectivity index (χ3v) is 7.46. The molecule has 1 aliphatic rings. The second kappa shape index (κ2) is 8.20. The molecule has 1 saturated heterocycles. The van der Waals surface area contributed by atoms with E-state index in [1.165, 1.54) is 4.31 Å². The fourth-order valence-corrected chi connectivity index (χ4v) is 5.70. The molecule has 1 aliphatic heterocycles. The minimum atomic E-state index is -3.65. The Bertz CT molecular complexity index is 1180. The van der Waals surface area contributed by atoms with Gasteiger partial charge in [-0.3, -0.25) is 4.79 Å². The van der Waals surface area contributed by atoms with Crippen molar-refractivity contribution in [1.82, 2.24) is 4.31 Å². The summed E-state index contributed by atoms with van der Waals surface area (Å²) in [4.78, 5) is 13.1. The fourth-order valence-electron chi connectivity index (χ4n) is 4.14. The van der Waals surface area contributed by atoms with Crippen LogP contribution in [0.1, 0.15) is 24.0 Å². The molecule has 0 aromatic heterocycles. The number of carbonyl (C=O) groups excluding carboxylic acids is 1. The molecule has 0 spiro atoms. The average molecular weight is 423 g/mol. The maximum absolute atomic E-state index is 13.2. The van der Waals surface area contributed by atoms with Crippen LogP contribution in [-0.2, 0) is 14.8 Å². The third-order valence-electron chi connectivity index (χ3n) is 5.60. The van der Waals surface area contributed by atoms with Crippen molar-refractivity contribution in [2.75, 3.05) is 18.4 Å². The highest BCUT2D eigenvalue weighted by atomic mass is 32.2. The zero-order valence-corrected chi connectivity index (χ0v) is 18.1. The van der Waals surface area contributed by atoms with Crippen molar-refractivity contribution in [3.05, 3.63) is 71.8 Å². The Balaban J connectivity index is 1.52. The van der Waals surface area contributed by atoms with E-state index in [0.29, 0.717) is 19.4 Å². The largest absolute Gasteiger partial charge is 0.326 e. The van der Waals surface area contributed by atoms with Crippen LogP contribution in [-0.4, -0.2) is 31.7 Å². The van der Waals surface area contributed by atoms with Crippen LogP contribution < -0.4 is 5.32 Å². The molecule has 6 heteroatoms. The number of nitrogens with one attached hydrogen (secondary N) is 1. The lowest BCUT2D eigenvalue weighted by atomic mass is 9.98. The van der Waals surface area contributed by atoms with Gasteiger partial charge in [-0.1, -0.05) is 36.4 Å². The van der Waals surface area contributed by atoms with Crippen molar-refractivity contribution in [3.63, 3.8) is 0 Å².